The van der Waals surface area contributed by atoms with E-state index in [1.807, 2.05) is 37.3 Å². The normalized spacial score (nSPS) is 10.8. The Hall–Kier alpha value is -1.25. The van der Waals surface area contributed by atoms with E-state index in [1.54, 1.807) is 0 Å². The minimum atomic E-state index is 0.781. The number of furan rings is 1. The van der Waals surface area contributed by atoms with E-state index in [0.29, 0.717) is 0 Å². The van der Waals surface area contributed by atoms with Crippen molar-refractivity contribution < 1.29 is 9.73 Å². The highest BCUT2D eigenvalue weighted by Gasteiger charge is 2.09. The number of hydrogen-bond donors (Lipinski definition) is 1. The van der Waals surface area contributed by atoms with Gasteiger partial charge in [0, 0.05) is 10.6 Å². The molecule has 0 spiro atoms. The minimum absolute atomic E-state index is 0.781. The van der Waals surface area contributed by atoms with Crippen LogP contribution in [0.25, 0.3) is 11.3 Å². The zero-order valence-corrected chi connectivity index (χ0v) is 11.6. The van der Waals surface area contributed by atoms with Crippen molar-refractivity contribution >= 4 is 11.6 Å². The maximum Gasteiger partial charge on any atom is 0.158 e. The first-order valence-electron chi connectivity index (χ1n) is 6.38. The molecule has 0 aliphatic carbocycles. The molecule has 0 aliphatic rings. The van der Waals surface area contributed by atoms with Crippen molar-refractivity contribution in [2.24, 2.45) is 0 Å². The van der Waals surface area contributed by atoms with Crippen LogP contribution in [0.1, 0.15) is 24.7 Å². The third-order valence-electron chi connectivity index (χ3n) is 3.03. The van der Waals surface area contributed by atoms with E-state index in [-0.39, 0.29) is 0 Å². The summed E-state index contributed by atoms with van der Waals surface area (Å²) in [5.41, 5.74) is 2.14. The molecule has 96 valence electrons. The number of halogens is 1. The van der Waals surface area contributed by atoms with Gasteiger partial charge in [0.05, 0.1) is 6.54 Å². The lowest BCUT2D eigenvalue weighted by molar-refractivity contribution is -0.672. The van der Waals surface area contributed by atoms with Crippen molar-refractivity contribution in [3.8, 4) is 11.3 Å². The molecule has 2 N–H and O–H groups in total. The summed E-state index contributed by atoms with van der Waals surface area (Å²) < 4.78 is 5.86. The highest BCUT2D eigenvalue weighted by atomic mass is 35.5. The van der Waals surface area contributed by atoms with Crippen LogP contribution in [0.2, 0.25) is 5.02 Å². The Kier molecular flexibility index (Phi) is 4.45. The van der Waals surface area contributed by atoms with E-state index < -0.39 is 0 Å². The third kappa shape index (κ3) is 2.95. The molecular weight excluding hydrogens is 246 g/mol. The van der Waals surface area contributed by atoms with E-state index in [9.17, 15) is 0 Å². The van der Waals surface area contributed by atoms with Gasteiger partial charge in [0.25, 0.3) is 0 Å². The monoisotopic (exact) mass is 264 g/mol. The molecule has 1 aromatic heterocycles. The highest BCUT2D eigenvalue weighted by Crippen LogP contribution is 2.29. The summed E-state index contributed by atoms with van der Waals surface area (Å²) in [6, 6.07) is 9.96. The van der Waals surface area contributed by atoms with Crippen molar-refractivity contribution in [3.05, 3.63) is 46.7 Å². The molecule has 0 saturated carbocycles. The predicted octanol–water partition coefficient (Wildman–Crippen LogP) is 3.38. The molecule has 2 rings (SSSR count). The van der Waals surface area contributed by atoms with Crippen molar-refractivity contribution in [2.75, 3.05) is 6.54 Å². The Morgan fingerprint density at radius 1 is 1.22 bits per heavy atom. The van der Waals surface area contributed by atoms with Gasteiger partial charge >= 0.3 is 0 Å². The number of nitrogens with two attached hydrogens (primary N) is 1. The first-order valence-corrected chi connectivity index (χ1v) is 6.76. The fourth-order valence-corrected chi connectivity index (χ4v) is 2.13. The maximum atomic E-state index is 6.13. The third-order valence-corrected chi connectivity index (χ3v) is 3.44. The first kappa shape index (κ1) is 13.2. The summed E-state index contributed by atoms with van der Waals surface area (Å²) in [7, 11) is 0. The van der Waals surface area contributed by atoms with E-state index in [0.717, 1.165) is 40.8 Å². The zero-order valence-electron chi connectivity index (χ0n) is 10.9. The van der Waals surface area contributed by atoms with Gasteiger partial charge in [-0.3, -0.25) is 0 Å². The molecule has 0 unspecified atom stereocenters. The summed E-state index contributed by atoms with van der Waals surface area (Å²) in [6.07, 6.45) is 1.18. The number of quaternary nitrogens is 1. The fourth-order valence-electron chi connectivity index (χ4n) is 1.96. The van der Waals surface area contributed by atoms with Crippen LogP contribution in [0.4, 0.5) is 0 Å². The topological polar surface area (TPSA) is 29.8 Å². The van der Waals surface area contributed by atoms with Crippen LogP contribution in [-0.4, -0.2) is 6.54 Å². The molecule has 1 heterocycles. The van der Waals surface area contributed by atoms with Gasteiger partial charge in [-0.1, -0.05) is 30.7 Å². The maximum absolute atomic E-state index is 6.13. The standard InChI is InChI=1S/C15H18ClNO/c1-3-9-17-10-12-7-8-15(18-12)13-5-4-6-14(16)11(13)2/h4-8,17H,3,9-10H2,1-2H3/p+1. The average molecular weight is 265 g/mol. The van der Waals surface area contributed by atoms with Gasteiger partial charge in [0.15, 0.2) is 5.76 Å². The van der Waals surface area contributed by atoms with Gasteiger partial charge in [0.2, 0.25) is 0 Å². The Morgan fingerprint density at radius 3 is 2.83 bits per heavy atom. The fraction of sp³-hybridized carbons (Fsp3) is 0.333. The SMILES string of the molecule is CCC[NH2+]Cc1ccc(-c2cccc(Cl)c2C)o1. The lowest BCUT2D eigenvalue weighted by Gasteiger charge is -2.04. The molecule has 3 heteroatoms. The van der Waals surface area contributed by atoms with Crippen molar-refractivity contribution in [1.82, 2.24) is 0 Å². The Labute approximate surface area is 113 Å². The molecule has 0 atom stereocenters. The quantitative estimate of drug-likeness (QED) is 0.825. The van der Waals surface area contributed by atoms with Gasteiger partial charge < -0.3 is 9.73 Å². The van der Waals surface area contributed by atoms with Gasteiger partial charge in [-0.2, -0.15) is 0 Å². The lowest BCUT2D eigenvalue weighted by Crippen LogP contribution is -2.82. The van der Waals surface area contributed by atoms with E-state index in [2.05, 4.69) is 12.2 Å². The average Bonchev–Trinajstić information content (AvgIpc) is 2.82. The zero-order chi connectivity index (χ0) is 13.0. The van der Waals surface area contributed by atoms with Gasteiger partial charge in [-0.25, -0.2) is 0 Å². The lowest BCUT2D eigenvalue weighted by atomic mass is 10.1. The van der Waals surface area contributed by atoms with E-state index in [4.69, 9.17) is 16.0 Å². The van der Waals surface area contributed by atoms with Gasteiger partial charge in [-0.05, 0) is 37.1 Å². The van der Waals surface area contributed by atoms with Crippen LogP contribution in [0, 0.1) is 6.92 Å². The Bertz CT molecular complexity index is 519. The molecule has 1 aromatic carbocycles. The molecule has 2 nitrogen and oxygen atoms in total. The summed E-state index contributed by atoms with van der Waals surface area (Å²) >= 11 is 6.13. The van der Waals surface area contributed by atoms with Gasteiger partial charge in [-0.15, -0.1) is 0 Å². The Morgan fingerprint density at radius 2 is 2.06 bits per heavy atom. The number of rotatable bonds is 5. The van der Waals surface area contributed by atoms with Crippen molar-refractivity contribution in [2.45, 2.75) is 26.8 Å². The second-order valence-electron chi connectivity index (χ2n) is 4.46. The smallest absolute Gasteiger partial charge is 0.158 e. The molecule has 2 aromatic rings. The molecule has 0 radical (unpaired) electrons. The van der Waals surface area contributed by atoms with Gasteiger partial charge in [0.1, 0.15) is 12.3 Å². The Balaban J connectivity index is 2.16. The van der Waals surface area contributed by atoms with Crippen LogP contribution in [0.15, 0.2) is 34.7 Å². The largest absolute Gasteiger partial charge is 0.455 e. The van der Waals surface area contributed by atoms with Crippen LogP contribution >= 0.6 is 11.6 Å². The predicted molar refractivity (Wildman–Crippen MR) is 74.7 cm³/mol. The van der Waals surface area contributed by atoms with Crippen LogP contribution in [-0.2, 0) is 6.54 Å². The summed E-state index contributed by atoms with van der Waals surface area (Å²) in [5.74, 6) is 1.91. The molecule has 0 aliphatic heterocycles. The summed E-state index contributed by atoms with van der Waals surface area (Å²) in [5, 5.41) is 3.04. The summed E-state index contributed by atoms with van der Waals surface area (Å²) in [6.45, 7) is 6.22. The van der Waals surface area contributed by atoms with Crippen LogP contribution in [0.3, 0.4) is 0 Å². The summed E-state index contributed by atoms with van der Waals surface area (Å²) in [4.78, 5) is 0. The van der Waals surface area contributed by atoms with E-state index >= 15 is 0 Å². The van der Waals surface area contributed by atoms with Crippen LogP contribution < -0.4 is 5.32 Å². The minimum Gasteiger partial charge on any atom is -0.455 e. The molecule has 0 bridgehead atoms. The highest BCUT2D eigenvalue weighted by molar-refractivity contribution is 6.31. The molecule has 0 fully saturated rings. The molecule has 18 heavy (non-hydrogen) atoms. The van der Waals surface area contributed by atoms with E-state index in [1.165, 1.54) is 6.42 Å². The molecule has 0 saturated heterocycles. The second-order valence-corrected chi connectivity index (χ2v) is 4.87. The van der Waals surface area contributed by atoms with Crippen molar-refractivity contribution in [3.63, 3.8) is 0 Å². The first-order chi connectivity index (χ1) is 8.72. The van der Waals surface area contributed by atoms with Crippen molar-refractivity contribution in [1.29, 1.82) is 0 Å². The second kappa shape index (κ2) is 6.07. The number of hydrogen-bond acceptors (Lipinski definition) is 1. The molecule has 0 amide bonds. The number of benzene rings is 1. The van der Waals surface area contributed by atoms with Crippen LogP contribution in [0.5, 0.6) is 0 Å². The molecular formula is C15H19ClNO+.